The summed E-state index contributed by atoms with van der Waals surface area (Å²) in [6, 6.07) is 1.83. The second-order valence-corrected chi connectivity index (χ2v) is 6.03. The van der Waals surface area contributed by atoms with Gasteiger partial charge in [-0.3, -0.25) is 9.59 Å². The molecule has 6 heteroatoms. The Morgan fingerprint density at radius 3 is 2.61 bits per heavy atom. The summed E-state index contributed by atoms with van der Waals surface area (Å²) in [5, 5.41) is 0. The van der Waals surface area contributed by atoms with Crippen LogP contribution < -0.4 is 5.56 Å². The minimum Gasteiger partial charge on any atom is -0.440 e. The predicted octanol–water partition coefficient (Wildman–Crippen LogP) is 1.44. The molecule has 1 amide bonds. The van der Waals surface area contributed by atoms with E-state index in [-0.39, 0.29) is 17.0 Å². The molecular formula is C17H22N2O4. The molecule has 0 aromatic carbocycles. The molecule has 0 saturated carbocycles. The van der Waals surface area contributed by atoms with Crippen LogP contribution in [-0.2, 0) is 28.1 Å². The van der Waals surface area contributed by atoms with Crippen molar-refractivity contribution in [3.05, 3.63) is 33.2 Å². The van der Waals surface area contributed by atoms with Gasteiger partial charge in [0.2, 0.25) is 5.60 Å². The summed E-state index contributed by atoms with van der Waals surface area (Å²) in [6.45, 7) is 7.29. The molecule has 0 spiro atoms. The Balaban J connectivity index is 2.22. The molecule has 1 aromatic heterocycles. The van der Waals surface area contributed by atoms with E-state index in [9.17, 15) is 14.4 Å². The van der Waals surface area contributed by atoms with Gasteiger partial charge in [-0.1, -0.05) is 6.92 Å². The van der Waals surface area contributed by atoms with Crippen molar-refractivity contribution in [3.8, 4) is 0 Å². The predicted molar refractivity (Wildman–Crippen MR) is 84.3 cm³/mol. The lowest BCUT2D eigenvalue weighted by Gasteiger charge is -2.32. The summed E-state index contributed by atoms with van der Waals surface area (Å²) in [7, 11) is 0. The highest BCUT2D eigenvalue weighted by Gasteiger charge is 2.53. The second kappa shape index (κ2) is 5.51. The highest BCUT2D eigenvalue weighted by molar-refractivity contribution is 6.02. The molecule has 6 nitrogen and oxygen atoms in total. The Labute approximate surface area is 135 Å². The van der Waals surface area contributed by atoms with Crippen LogP contribution >= 0.6 is 0 Å². The fraction of sp³-hybridized carbons (Fsp3) is 0.588. The first kappa shape index (κ1) is 15.8. The number of esters is 1. The molecule has 124 valence electrons. The average Bonchev–Trinajstić information content (AvgIpc) is 3.12. The van der Waals surface area contributed by atoms with E-state index >= 15 is 0 Å². The van der Waals surface area contributed by atoms with Gasteiger partial charge in [0.25, 0.3) is 11.5 Å². The van der Waals surface area contributed by atoms with Crippen LogP contribution in [0.2, 0.25) is 0 Å². The normalized spacial score (nSPS) is 21.8. The second-order valence-electron chi connectivity index (χ2n) is 6.03. The molecular weight excluding hydrogens is 296 g/mol. The number of amides is 1. The number of cyclic esters (lactones) is 1. The molecule has 0 fully saturated rings. The number of carbonyl (C=O) groups is 2. The van der Waals surface area contributed by atoms with Crippen molar-refractivity contribution < 1.29 is 14.3 Å². The summed E-state index contributed by atoms with van der Waals surface area (Å²) in [5.41, 5.74) is -0.284. The van der Waals surface area contributed by atoms with Crippen molar-refractivity contribution in [1.29, 1.82) is 0 Å². The first-order valence-corrected chi connectivity index (χ1v) is 8.30. The molecule has 2 aliphatic heterocycles. The van der Waals surface area contributed by atoms with E-state index in [0.29, 0.717) is 31.6 Å². The fourth-order valence-electron chi connectivity index (χ4n) is 3.69. The Bertz CT molecular complexity index is 733. The Kier molecular flexibility index (Phi) is 3.78. The standard InChI is InChI=1S/C17H22N2O4/c1-4-17(16(22)18(5-2)6-3)12-10-11-8-7-9-19(11)14(20)13(12)15(21)23-17/h10H,4-9H2,1-3H3/t17-/m0/s1. The van der Waals surface area contributed by atoms with E-state index in [2.05, 4.69) is 0 Å². The average molecular weight is 318 g/mol. The number of pyridine rings is 1. The van der Waals surface area contributed by atoms with Crippen molar-refractivity contribution in [1.82, 2.24) is 9.47 Å². The van der Waals surface area contributed by atoms with Crippen LogP contribution in [0.25, 0.3) is 0 Å². The van der Waals surface area contributed by atoms with Gasteiger partial charge in [-0.2, -0.15) is 0 Å². The van der Waals surface area contributed by atoms with Crippen molar-refractivity contribution in [3.63, 3.8) is 0 Å². The summed E-state index contributed by atoms with van der Waals surface area (Å²) in [6.07, 6.45) is 2.00. The third kappa shape index (κ3) is 2.04. The molecule has 3 heterocycles. The van der Waals surface area contributed by atoms with E-state index in [1.54, 1.807) is 9.47 Å². The van der Waals surface area contributed by atoms with Crippen LogP contribution in [0.1, 0.15) is 55.2 Å². The van der Waals surface area contributed by atoms with Crippen LogP contribution in [0.5, 0.6) is 0 Å². The zero-order valence-corrected chi connectivity index (χ0v) is 13.8. The molecule has 2 aliphatic rings. The number of carbonyl (C=O) groups excluding carboxylic acids is 2. The summed E-state index contributed by atoms with van der Waals surface area (Å²) < 4.78 is 7.16. The zero-order valence-electron chi connectivity index (χ0n) is 13.8. The van der Waals surface area contributed by atoms with E-state index in [1.807, 2.05) is 26.8 Å². The Morgan fingerprint density at radius 2 is 2.00 bits per heavy atom. The maximum Gasteiger partial charge on any atom is 0.345 e. The van der Waals surface area contributed by atoms with Gasteiger partial charge >= 0.3 is 5.97 Å². The van der Waals surface area contributed by atoms with Crippen molar-refractivity contribution in [2.75, 3.05) is 13.1 Å². The number of nitrogens with zero attached hydrogens (tertiary/aromatic N) is 2. The lowest BCUT2D eigenvalue weighted by atomic mass is 9.88. The maximum absolute atomic E-state index is 13.0. The quantitative estimate of drug-likeness (QED) is 0.788. The monoisotopic (exact) mass is 318 g/mol. The van der Waals surface area contributed by atoms with Gasteiger partial charge in [-0.25, -0.2) is 4.79 Å². The molecule has 23 heavy (non-hydrogen) atoms. The molecule has 1 atom stereocenters. The van der Waals surface area contributed by atoms with Crippen molar-refractivity contribution in [2.24, 2.45) is 0 Å². The molecule has 0 bridgehead atoms. The number of aryl methyl sites for hydroxylation is 1. The number of hydrogen-bond donors (Lipinski definition) is 0. The van der Waals surface area contributed by atoms with E-state index in [0.717, 1.165) is 18.5 Å². The third-order valence-corrected chi connectivity index (χ3v) is 5.00. The first-order chi connectivity index (χ1) is 11.0. The van der Waals surface area contributed by atoms with Gasteiger partial charge in [-0.15, -0.1) is 0 Å². The molecule has 0 saturated heterocycles. The molecule has 0 radical (unpaired) electrons. The lowest BCUT2D eigenvalue weighted by Crippen LogP contribution is -2.47. The first-order valence-electron chi connectivity index (χ1n) is 8.30. The van der Waals surface area contributed by atoms with Gasteiger partial charge in [0.15, 0.2) is 0 Å². The van der Waals surface area contributed by atoms with Crippen molar-refractivity contribution in [2.45, 2.75) is 52.2 Å². The highest BCUT2D eigenvalue weighted by Crippen LogP contribution is 2.40. The maximum atomic E-state index is 13.0. The number of ether oxygens (including phenoxy) is 1. The van der Waals surface area contributed by atoms with Gasteiger partial charge < -0.3 is 14.2 Å². The number of likely N-dealkylation sites (N-methyl/N-ethyl adjacent to an activating group) is 1. The SMILES string of the molecule is CCN(CC)C(=O)[C@@]1(CC)OC(=O)c2c1cc1n(c2=O)CCC1. The van der Waals surface area contributed by atoms with Crippen LogP contribution in [0, 0.1) is 0 Å². The largest absolute Gasteiger partial charge is 0.440 e. The highest BCUT2D eigenvalue weighted by atomic mass is 16.6. The summed E-state index contributed by atoms with van der Waals surface area (Å²) in [5.74, 6) is -0.908. The van der Waals surface area contributed by atoms with Crippen LogP contribution in [-0.4, -0.2) is 34.4 Å². The third-order valence-electron chi connectivity index (χ3n) is 5.00. The zero-order chi connectivity index (χ0) is 16.8. The minimum atomic E-state index is -1.35. The Morgan fingerprint density at radius 1 is 1.30 bits per heavy atom. The molecule has 3 rings (SSSR count). The Hall–Kier alpha value is -2.11. The fourth-order valence-corrected chi connectivity index (χ4v) is 3.69. The molecule has 0 unspecified atom stereocenters. The number of rotatable bonds is 4. The van der Waals surface area contributed by atoms with Crippen molar-refractivity contribution >= 4 is 11.9 Å². The van der Waals surface area contributed by atoms with Gasteiger partial charge in [0, 0.05) is 30.9 Å². The molecule has 0 aliphatic carbocycles. The van der Waals surface area contributed by atoms with Crippen LogP contribution in [0.4, 0.5) is 0 Å². The molecule has 0 N–H and O–H groups in total. The van der Waals surface area contributed by atoms with E-state index in [4.69, 9.17) is 4.74 Å². The van der Waals surface area contributed by atoms with Gasteiger partial charge in [-0.05, 0) is 39.2 Å². The number of hydrogen-bond acceptors (Lipinski definition) is 4. The van der Waals surface area contributed by atoms with Crippen LogP contribution in [0.3, 0.4) is 0 Å². The molecule has 1 aromatic rings. The van der Waals surface area contributed by atoms with E-state index < -0.39 is 11.6 Å². The summed E-state index contributed by atoms with van der Waals surface area (Å²) in [4.78, 5) is 39.7. The van der Waals surface area contributed by atoms with Gasteiger partial charge in [0.05, 0.1) is 0 Å². The lowest BCUT2D eigenvalue weighted by molar-refractivity contribution is -0.152. The number of aromatic nitrogens is 1. The minimum absolute atomic E-state index is 0.0398. The summed E-state index contributed by atoms with van der Waals surface area (Å²) >= 11 is 0. The smallest absolute Gasteiger partial charge is 0.345 e. The number of fused-ring (bicyclic) bond motifs is 2. The topological polar surface area (TPSA) is 68.6 Å². The van der Waals surface area contributed by atoms with Crippen LogP contribution in [0.15, 0.2) is 10.9 Å². The van der Waals surface area contributed by atoms with Gasteiger partial charge in [0.1, 0.15) is 5.56 Å². The van der Waals surface area contributed by atoms with E-state index in [1.165, 1.54) is 0 Å².